The van der Waals surface area contributed by atoms with E-state index in [9.17, 15) is 4.79 Å². The predicted molar refractivity (Wildman–Crippen MR) is 75.9 cm³/mol. The fourth-order valence-corrected chi connectivity index (χ4v) is 2.21. The molecule has 0 atom stereocenters. The van der Waals surface area contributed by atoms with Gasteiger partial charge in [0.25, 0.3) is 0 Å². The van der Waals surface area contributed by atoms with Crippen molar-refractivity contribution < 1.29 is 14.3 Å². The second-order valence-corrected chi connectivity index (χ2v) is 4.89. The minimum atomic E-state index is -0.655. The Bertz CT molecular complexity index is 668. The van der Waals surface area contributed by atoms with Crippen molar-refractivity contribution in [1.82, 2.24) is 9.78 Å². The van der Waals surface area contributed by atoms with Crippen LogP contribution in [-0.2, 0) is 7.05 Å². The lowest BCUT2D eigenvalue weighted by Gasteiger charge is -2.11. The normalized spacial score (nSPS) is 10.4. The molecular formula is C13H12Cl2N2O3. The van der Waals surface area contributed by atoms with Gasteiger partial charge < -0.3 is 9.47 Å². The summed E-state index contributed by atoms with van der Waals surface area (Å²) in [7, 11) is 3.08. The van der Waals surface area contributed by atoms with Crippen molar-refractivity contribution in [3.63, 3.8) is 0 Å². The van der Waals surface area contributed by atoms with Crippen LogP contribution in [0.3, 0.4) is 0 Å². The van der Waals surface area contributed by atoms with Crippen LogP contribution < -0.4 is 9.47 Å². The molecule has 0 aliphatic heterocycles. The Hall–Kier alpha value is -1.72. The van der Waals surface area contributed by atoms with Crippen LogP contribution in [0.1, 0.15) is 16.1 Å². The smallest absolute Gasteiger partial charge is 0.350 e. The molecule has 1 heterocycles. The molecular weight excluding hydrogens is 303 g/mol. The maximum absolute atomic E-state index is 12.2. The lowest BCUT2D eigenvalue weighted by molar-refractivity contribution is 0.0717. The maximum Gasteiger partial charge on any atom is 0.350 e. The number of carbonyl (C=O) groups is 1. The van der Waals surface area contributed by atoms with Crippen LogP contribution in [0.15, 0.2) is 18.2 Å². The number of ether oxygens (including phenoxy) is 2. The van der Waals surface area contributed by atoms with E-state index in [1.54, 1.807) is 26.1 Å². The Morgan fingerprint density at radius 1 is 1.30 bits per heavy atom. The van der Waals surface area contributed by atoms with Crippen molar-refractivity contribution >= 4 is 29.2 Å². The highest BCUT2D eigenvalue weighted by Gasteiger charge is 2.22. The SMILES string of the molecule is COc1c(Cl)ccc(Cl)c1C(=O)Oc1cc(C)nn1C. The highest BCUT2D eigenvalue weighted by atomic mass is 35.5. The molecule has 0 saturated heterocycles. The van der Waals surface area contributed by atoms with E-state index in [1.165, 1.54) is 17.9 Å². The van der Waals surface area contributed by atoms with E-state index in [2.05, 4.69) is 5.10 Å². The molecule has 0 aliphatic carbocycles. The number of carbonyl (C=O) groups excluding carboxylic acids is 1. The summed E-state index contributed by atoms with van der Waals surface area (Å²) in [5, 5.41) is 4.58. The molecule has 1 aromatic carbocycles. The fraction of sp³-hybridized carbons (Fsp3) is 0.231. The molecule has 0 unspecified atom stereocenters. The van der Waals surface area contributed by atoms with Crippen molar-refractivity contribution in [3.05, 3.63) is 39.5 Å². The first-order chi connectivity index (χ1) is 9.43. The Morgan fingerprint density at radius 3 is 2.50 bits per heavy atom. The zero-order chi connectivity index (χ0) is 14.9. The van der Waals surface area contributed by atoms with Crippen molar-refractivity contribution in [2.75, 3.05) is 7.11 Å². The van der Waals surface area contributed by atoms with Gasteiger partial charge in [-0.25, -0.2) is 9.48 Å². The zero-order valence-electron chi connectivity index (χ0n) is 11.1. The minimum Gasteiger partial charge on any atom is -0.494 e. The number of halogens is 2. The van der Waals surface area contributed by atoms with Gasteiger partial charge in [-0.1, -0.05) is 23.2 Å². The van der Waals surface area contributed by atoms with Crippen LogP contribution in [0.5, 0.6) is 11.6 Å². The number of nitrogens with zero attached hydrogens (tertiary/aromatic N) is 2. The average molecular weight is 315 g/mol. The van der Waals surface area contributed by atoms with E-state index >= 15 is 0 Å². The van der Waals surface area contributed by atoms with Crippen LogP contribution in [0.4, 0.5) is 0 Å². The molecule has 0 fully saturated rings. The van der Waals surface area contributed by atoms with E-state index in [1.807, 2.05) is 0 Å². The molecule has 0 N–H and O–H groups in total. The molecule has 20 heavy (non-hydrogen) atoms. The monoisotopic (exact) mass is 314 g/mol. The average Bonchev–Trinajstić information content (AvgIpc) is 2.70. The van der Waals surface area contributed by atoms with Gasteiger partial charge in [-0.15, -0.1) is 0 Å². The first-order valence-electron chi connectivity index (χ1n) is 5.69. The van der Waals surface area contributed by atoms with E-state index in [4.69, 9.17) is 32.7 Å². The van der Waals surface area contributed by atoms with Crippen LogP contribution in [0.25, 0.3) is 0 Å². The van der Waals surface area contributed by atoms with Gasteiger partial charge in [-0.05, 0) is 19.1 Å². The third-order valence-electron chi connectivity index (χ3n) is 2.62. The number of benzene rings is 1. The first kappa shape index (κ1) is 14.7. The number of hydrogen-bond donors (Lipinski definition) is 0. The van der Waals surface area contributed by atoms with Gasteiger partial charge >= 0.3 is 5.97 Å². The molecule has 0 radical (unpaired) electrons. The maximum atomic E-state index is 12.2. The molecule has 0 aliphatic rings. The van der Waals surface area contributed by atoms with E-state index in [0.29, 0.717) is 5.88 Å². The van der Waals surface area contributed by atoms with E-state index in [-0.39, 0.29) is 21.4 Å². The minimum absolute atomic E-state index is 0.0838. The van der Waals surface area contributed by atoms with Crippen LogP contribution in [0.2, 0.25) is 10.0 Å². The lowest BCUT2D eigenvalue weighted by Crippen LogP contribution is -2.13. The largest absolute Gasteiger partial charge is 0.494 e. The van der Waals surface area contributed by atoms with Gasteiger partial charge in [0.15, 0.2) is 5.75 Å². The molecule has 0 saturated carbocycles. The summed E-state index contributed by atoms with van der Waals surface area (Å²) in [6.45, 7) is 1.80. The van der Waals surface area contributed by atoms with Crippen molar-refractivity contribution in [2.45, 2.75) is 6.92 Å². The quantitative estimate of drug-likeness (QED) is 0.816. The highest BCUT2D eigenvalue weighted by molar-refractivity contribution is 6.37. The summed E-state index contributed by atoms with van der Waals surface area (Å²) in [5.74, 6) is -0.161. The number of hydrogen-bond acceptors (Lipinski definition) is 4. The molecule has 0 amide bonds. The third-order valence-corrected chi connectivity index (χ3v) is 3.24. The summed E-state index contributed by atoms with van der Waals surface area (Å²) in [4.78, 5) is 12.2. The topological polar surface area (TPSA) is 53.4 Å². The molecule has 0 spiro atoms. The standard InChI is InChI=1S/C13H12Cl2N2O3/c1-7-6-10(17(2)16-7)20-13(18)11-8(14)4-5-9(15)12(11)19-3/h4-6H,1-3H3. The van der Waals surface area contributed by atoms with Gasteiger partial charge in [0.05, 0.1) is 22.8 Å². The van der Waals surface area contributed by atoms with Gasteiger partial charge in [0.2, 0.25) is 5.88 Å². The number of rotatable bonds is 3. The molecule has 2 rings (SSSR count). The number of aromatic nitrogens is 2. The van der Waals surface area contributed by atoms with Gasteiger partial charge in [0, 0.05) is 13.1 Å². The van der Waals surface area contributed by atoms with Crippen LogP contribution >= 0.6 is 23.2 Å². The summed E-state index contributed by atoms with van der Waals surface area (Å²) in [6.07, 6.45) is 0. The summed E-state index contributed by atoms with van der Waals surface area (Å²) >= 11 is 12.0. The molecule has 2 aromatic rings. The Balaban J connectivity index is 2.39. The van der Waals surface area contributed by atoms with Crippen molar-refractivity contribution in [2.24, 2.45) is 7.05 Å². The number of aryl methyl sites for hydroxylation is 2. The predicted octanol–water partition coefficient (Wildman–Crippen LogP) is 3.26. The second-order valence-electron chi connectivity index (χ2n) is 4.07. The van der Waals surface area contributed by atoms with Gasteiger partial charge in [-0.3, -0.25) is 0 Å². The molecule has 0 bridgehead atoms. The Kier molecular flexibility index (Phi) is 4.20. The zero-order valence-corrected chi connectivity index (χ0v) is 12.6. The van der Waals surface area contributed by atoms with Crippen molar-refractivity contribution in [1.29, 1.82) is 0 Å². The van der Waals surface area contributed by atoms with Crippen LogP contribution in [-0.4, -0.2) is 22.9 Å². The Morgan fingerprint density at radius 2 is 1.95 bits per heavy atom. The fourth-order valence-electron chi connectivity index (χ4n) is 1.75. The van der Waals surface area contributed by atoms with Gasteiger partial charge in [0.1, 0.15) is 5.56 Å². The molecule has 7 heteroatoms. The highest BCUT2D eigenvalue weighted by Crippen LogP contribution is 2.34. The lowest BCUT2D eigenvalue weighted by atomic mass is 10.2. The van der Waals surface area contributed by atoms with E-state index < -0.39 is 5.97 Å². The summed E-state index contributed by atoms with van der Waals surface area (Å²) in [6, 6.07) is 4.70. The van der Waals surface area contributed by atoms with Crippen LogP contribution in [0, 0.1) is 6.92 Å². The van der Waals surface area contributed by atoms with Crippen molar-refractivity contribution in [3.8, 4) is 11.6 Å². The van der Waals surface area contributed by atoms with E-state index in [0.717, 1.165) is 5.69 Å². The molecule has 106 valence electrons. The Labute approximate surface area is 126 Å². The third kappa shape index (κ3) is 2.73. The number of esters is 1. The van der Waals surface area contributed by atoms with Gasteiger partial charge in [-0.2, -0.15) is 5.10 Å². The summed E-state index contributed by atoms with van der Waals surface area (Å²) in [5.41, 5.74) is 0.819. The second kappa shape index (κ2) is 5.73. The molecule has 1 aromatic heterocycles. The number of methoxy groups -OCH3 is 1. The molecule has 5 nitrogen and oxygen atoms in total. The first-order valence-corrected chi connectivity index (χ1v) is 6.44. The summed E-state index contributed by atoms with van der Waals surface area (Å²) < 4.78 is 11.8.